The third-order valence-corrected chi connectivity index (χ3v) is 5.03. The smallest absolute Gasteiger partial charge is 0.0810 e. The lowest BCUT2D eigenvalue weighted by atomic mass is 9.77. The van der Waals surface area contributed by atoms with E-state index < -0.39 is 0 Å². The van der Waals surface area contributed by atoms with Crippen molar-refractivity contribution >= 4 is 0 Å². The first-order valence-corrected chi connectivity index (χ1v) is 8.58. The second kappa shape index (κ2) is 7.08. The van der Waals surface area contributed by atoms with Crippen LogP contribution < -0.4 is 5.32 Å². The van der Waals surface area contributed by atoms with Crippen molar-refractivity contribution in [3.63, 3.8) is 0 Å². The molecule has 112 valence electrons. The molecule has 0 spiro atoms. The molecule has 1 unspecified atom stereocenters. The molecule has 0 bridgehead atoms. The van der Waals surface area contributed by atoms with E-state index in [4.69, 9.17) is 4.74 Å². The Morgan fingerprint density at radius 2 is 1.84 bits per heavy atom. The maximum absolute atomic E-state index is 6.53. The van der Waals surface area contributed by atoms with Gasteiger partial charge in [0, 0.05) is 12.6 Å². The predicted molar refractivity (Wildman–Crippen MR) is 81.5 cm³/mol. The molecule has 1 N–H and O–H groups in total. The predicted octanol–water partition coefficient (Wildman–Crippen LogP) is 4.28. The van der Waals surface area contributed by atoms with E-state index in [0.717, 1.165) is 18.5 Å². The van der Waals surface area contributed by atoms with Crippen LogP contribution >= 0.6 is 0 Å². The maximum Gasteiger partial charge on any atom is 0.0810 e. The summed E-state index contributed by atoms with van der Waals surface area (Å²) in [6.45, 7) is 7.93. The molecular formula is C17H33NO. The fourth-order valence-corrected chi connectivity index (χ4v) is 3.46. The molecule has 2 aliphatic carbocycles. The van der Waals surface area contributed by atoms with Crippen LogP contribution in [0.5, 0.6) is 0 Å². The summed E-state index contributed by atoms with van der Waals surface area (Å²) < 4.78 is 6.53. The molecular weight excluding hydrogens is 234 g/mol. The molecule has 0 aromatic heterocycles. The molecule has 0 heterocycles. The zero-order valence-corrected chi connectivity index (χ0v) is 13.2. The lowest BCUT2D eigenvalue weighted by Crippen LogP contribution is -2.48. The summed E-state index contributed by atoms with van der Waals surface area (Å²) in [4.78, 5) is 0. The Kier molecular flexibility index (Phi) is 5.70. The molecule has 2 aliphatic rings. The molecule has 0 aromatic carbocycles. The number of hydrogen-bond acceptors (Lipinski definition) is 2. The van der Waals surface area contributed by atoms with Gasteiger partial charge in [0.05, 0.1) is 11.7 Å². The van der Waals surface area contributed by atoms with Gasteiger partial charge in [-0.05, 0) is 57.8 Å². The van der Waals surface area contributed by atoms with E-state index in [1.165, 1.54) is 57.8 Å². The quantitative estimate of drug-likeness (QED) is 0.708. The molecule has 0 amide bonds. The van der Waals surface area contributed by atoms with E-state index in [1.54, 1.807) is 0 Å². The van der Waals surface area contributed by atoms with Gasteiger partial charge in [0.1, 0.15) is 0 Å². The lowest BCUT2D eigenvalue weighted by Gasteiger charge is -2.42. The van der Waals surface area contributed by atoms with Crippen molar-refractivity contribution in [3.8, 4) is 0 Å². The minimum atomic E-state index is 0.142. The average Bonchev–Trinajstić information content (AvgIpc) is 3.22. The van der Waals surface area contributed by atoms with E-state index in [2.05, 4.69) is 26.1 Å². The van der Waals surface area contributed by atoms with Gasteiger partial charge < -0.3 is 10.1 Å². The van der Waals surface area contributed by atoms with Crippen molar-refractivity contribution in [3.05, 3.63) is 0 Å². The topological polar surface area (TPSA) is 21.3 Å². The molecule has 0 aliphatic heterocycles. The summed E-state index contributed by atoms with van der Waals surface area (Å²) >= 11 is 0. The second-order valence-corrected chi connectivity index (χ2v) is 6.91. The van der Waals surface area contributed by atoms with Crippen molar-refractivity contribution in [1.82, 2.24) is 5.32 Å². The van der Waals surface area contributed by atoms with Crippen molar-refractivity contribution < 1.29 is 4.74 Å². The van der Waals surface area contributed by atoms with E-state index in [1.807, 2.05) is 0 Å². The highest BCUT2D eigenvalue weighted by molar-refractivity contribution is 4.93. The first-order valence-electron chi connectivity index (χ1n) is 8.58. The molecule has 0 saturated heterocycles. The van der Waals surface area contributed by atoms with Gasteiger partial charge in [0.25, 0.3) is 0 Å². The van der Waals surface area contributed by atoms with Crippen molar-refractivity contribution in [1.29, 1.82) is 0 Å². The molecule has 19 heavy (non-hydrogen) atoms. The molecule has 1 atom stereocenters. The van der Waals surface area contributed by atoms with Crippen LogP contribution in [0.3, 0.4) is 0 Å². The lowest BCUT2D eigenvalue weighted by molar-refractivity contribution is -0.114. The fraction of sp³-hybridized carbons (Fsp3) is 1.00. The van der Waals surface area contributed by atoms with E-state index in [0.29, 0.717) is 6.10 Å². The highest BCUT2D eigenvalue weighted by Crippen LogP contribution is 2.37. The normalized spacial score (nSPS) is 33.3. The first kappa shape index (κ1) is 15.3. The molecule has 2 saturated carbocycles. The SMILES string of the molecule is CCCC(C)OC1(CNC2CC2)CCC(CC)CC1. The van der Waals surface area contributed by atoms with Gasteiger partial charge >= 0.3 is 0 Å². The Balaban J connectivity index is 1.87. The summed E-state index contributed by atoms with van der Waals surface area (Å²) in [5.41, 5.74) is 0.142. The van der Waals surface area contributed by atoms with Crippen LogP contribution in [0, 0.1) is 5.92 Å². The number of hydrogen-bond donors (Lipinski definition) is 1. The summed E-state index contributed by atoms with van der Waals surface area (Å²) in [5, 5.41) is 3.72. The van der Waals surface area contributed by atoms with E-state index >= 15 is 0 Å². The second-order valence-electron chi connectivity index (χ2n) is 6.91. The van der Waals surface area contributed by atoms with Gasteiger partial charge in [0.2, 0.25) is 0 Å². The number of nitrogens with one attached hydrogen (secondary N) is 1. The van der Waals surface area contributed by atoms with E-state index in [9.17, 15) is 0 Å². The van der Waals surface area contributed by atoms with Crippen LogP contribution in [0.2, 0.25) is 0 Å². The fourth-order valence-electron chi connectivity index (χ4n) is 3.46. The van der Waals surface area contributed by atoms with Crippen LogP contribution in [0.4, 0.5) is 0 Å². The summed E-state index contributed by atoms with van der Waals surface area (Å²) in [7, 11) is 0. The summed E-state index contributed by atoms with van der Waals surface area (Å²) in [6.07, 6.45) is 12.2. The molecule has 2 heteroatoms. The number of ether oxygens (including phenoxy) is 1. The number of rotatable bonds is 8. The highest BCUT2D eigenvalue weighted by atomic mass is 16.5. The van der Waals surface area contributed by atoms with Gasteiger partial charge in [-0.25, -0.2) is 0 Å². The van der Waals surface area contributed by atoms with Gasteiger partial charge in [-0.1, -0.05) is 26.7 Å². The van der Waals surface area contributed by atoms with Crippen molar-refractivity contribution in [2.24, 2.45) is 5.92 Å². The largest absolute Gasteiger partial charge is 0.371 e. The standard InChI is InChI=1S/C17H33NO/c1-4-6-14(3)19-17(13-18-16-7-8-16)11-9-15(5-2)10-12-17/h14-16,18H,4-13H2,1-3H3. The molecule has 0 aromatic rings. The van der Waals surface area contributed by atoms with Gasteiger partial charge in [-0.15, -0.1) is 0 Å². The average molecular weight is 267 g/mol. The molecule has 2 fully saturated rings. The van der Waals surface area contributed by atoms with Gasteiger partial charge in [0.15, 0.2) is 0 Å². The Bertz CT molecular complexity index is 254. The van der Waals surface area contributed by atoms with Crippen LogP contribution in [-0.2, 0) is 4.74 Å². The minimum absolute atomic E-state index is 0.142. The summed E-state index contributed by atoms with van der Waals surface area (Å²) in [5.74, 6) is 0.944. The Labute approximate surface area is 119 Å². The van der Waals surface area contributed by atoms with Crippen LogP contribution in [-0.4, -0.2) is 24.3 Å². The molecule has 2 nitrogen and oxygen atoms in total. The van der Waals surface area contributed by atoms with Crippen molar-refractivity contribution in [2.45, 2.75) is 96.3 Å². The minimum Gasteiger partial charge on any atom is -0.371 e. The third-order valence-electron chi connectivity index (χ3n) is 5.03. The van der Waals surface area contributed by atoms with Crippen LogP contribution in [0.15, 0.2) is 0 Å². The Morgan fingerprint density at radius 3 is 2.37 bits per heavy atom. The Hall–Kier alpha value is -0.0800. The van der Waals surface area contributed by atoms with Crippen molar-refractivity contribution in [2.75, 3.05) is 6.54 Å². The van der Waals surface area contributed by atoms with Crippen LogP contribution in [0.1, 0.15) is 78.6 Å². The zero-order chi connectivity index (χ0) is 13.7. The van der Waals surface area contributed by atoms with Crippen LogP contribution in [0.25, 0.3) is 0 Å². The highest BCUT2D eigenvalue weighted by Gasteiger charge is 2.38. The first-order chi connectivity index (χ1) is 9.17. The summed E-state index contributed by atoms with van der Waals surface area (Å²) in [6, 6.07) is 0.797. The van der Waals surface area contributed by atoms with Gasteiger partial charge in [-0.2, -0.15) is 0 Å². The molecule has 2 rings (SSSR count). The molecule has 0 radical (unpaired) electrons. The van der Waals surface area contributed by atoms with Gasteiger partial charge in [-0.3, -0.25) is 0 Å². The third kappa shape index (κ3) is 4.75. The maximum atomic E-state index is 6.53. The van der Waals surface area contributed by atoms with E-state index in [-0.39, 0.29) is 5.60 Å². The zero-order valence-electron chi connectivity index (χ0n) is 13.2. The Morgan fingerprint density at radius 1 is 1.16 bits per heavy atom. The monoisotopic (exact) mass is 267 g/mol.